The largest absolute Gasteiger partial charge is 0.293 e. The minimum absolute atomic E-state index is 0.302. The van der Waals surface area contributed by atoms with Crippen LogP contribution in [0, 0.1) is 18.3 Å². The van der Waals surface area contributed by atoms with Gasteiger partial charge in [0.2, 0.25) is 0 Å². The molecule has 0 fully saturated rings. The second-order valence-corrected chi connectivity index (χ2v) is 5.49. The zero-order valence-electron chi connectivity index (χ0n) is 9.98. The predicted octanol–water partition coefficient (Wildman–Crippen LogP) is 4.06. The highest BCUT2D eigenvalue weighted by Crippen LogP contribution is 2.21. The molecule has 0 saturated carbocycles. The first-order valence-corrected chi connectivity index (χ1v) is 6.88. The van der Waals surface area contributed by atoms with Crippen molar-refractivity contribution in [2.45, 2.75) is 19.5 Å². The standard InChI is InChI=1S/C14H13ClN2S/c1-10-7-11(15)4-5-13(10)14(8-16)17-9-12-3-2-6-18-12/h2-7,14,17H,9H2,1H3. The molecule has 2 rings (SSSR count). The number of nitrogens with one attached hydrogen (secondary N) is 1. The Kier molecular flexibility index (Phi) is 4.38. The average molecular weight is 277 g/mol. The molecular weight excluding hydrogens is 264 g/mol. The van der Waals surface area contributed by atoms with Gasteiger partial charge in [-0.15, -0.1) is 11.3 Å². The minimum Gasteiger partial charge on any atom is -0.293 e. The van der Waals surface area contributed by atoms with E-state index in [9.17, 15) is 5.26 Å². The number of hydrogen-bond donors (Lipinski definition) is 1. The number of thiophene rings is 1. The van der Waals surface area contributed by atoms with Crippen molar-refractivity contribution < 1.29 is 0 Å². The zero-order valence-corrected chi connectivity index (χ0v) is 11.6. The highest BCUT2D eigenvalue weighted by Gasteiger charge is 2.12. The molecule has 1 aromatic heterocycles. The molecule has 4 heteroatoms. The van der Waals surface area contributed by atoms with Crippen molar-refractivity contribution in [2.75, 3.05) is 0 Å². The van der Waals surface area contributed by atoms with Crippen LogP contribution in [0.25, 0.3) is 0 Å². The second-order valence-electron chi connectivity index (χ2n) is 4.02. The van der Waals surface area contributed by atoms with Gasteiger partial charge in [0.05, 0.1) is 6.07 Å². The molecule has 1 aromatic carbocycles. The third-order valence-electron chi connectivity index (χ3n) is 2.73. The number of benzene rings is 1. The van der Waals surface area contributed by atoms with Crippen molar-refractivity contribution >= 4 is 22.9 Å². The van der Waals surface area contributed by atoms with Gasteiger partial charge in [-0.1, -0.05) is 23.7 Å². The summed E-state index contributed by atoms with van der Waals surface area (Å²) in [5, 5.41) is 15.2. The Labute approximate surface area is 116 Å². The quantitative estimate of drug-likeness (QED) is 0.914. The Balaban J connectivity index is 2.11. The topological polar surface area (TPSA) is 35.8 Å². The first kappa shape index (κ1) is 13.1. The van der Waals surface area contributed by atoms with Gasteiger partial charge in [0.15, 0.2) is 0 Å². The molecule has 0 aliphatic rings. The van der Waals surface area contributed by atoms with E-state index in [4.69, 9.17) is 11.6 Å². The van der Waals surface area contributed by atoms with E-state index < -0.39 is 0 Å². The molecular formula is C14H13ClN2S. The van der Waals surface area contributed by atoms with Gasteiger partial charge in [0.25, 0.3) is 0 Å². The van der Waals surface area contributed by atoms with Crippen LogP contribution in [0.1, 0.15) is 22.0 Å². The fourth-order valence-corrected chi connectivity index (χ4v) is 2.69. The summed E-state index contributed by atoms with van der Waals surface area (Å²) in [6, 6.07) is 11.7. The molecule has 1 heterocycles. The SMILES string of the molecule is Cc1cc(Cl)ccc1C(C#N)NCc1cccs1. The van der Waals surface area contributed by atoms with Gasteiger partial charge in [-0.25, -0.2) is 0 Å². The number of hydrogen-bond acceptors (Lipinski definition) is 3. The lowest BCUT2D eigenvalue weighted by Gasteiger charge is -2.14. The molecule has 0 aliphatic carbocycles. The molecule has 92 valence electrons. The Hall–Kier alpha value is -1.34. The number of aryl methyl sites for hydroxylation is 1. The van der Waals surface area contributed by atoms with E-state index in [2.05, 4.69) is 17.5 Å². The first-order valence-electron chi connectivity index (χ1n) is 5.62. The summed E-state index contributed by atoms with van der Waals surface area (Å²) in [6.45, 7) is 2.68. The van der Waals surface area contributed by atoms with Gasteiger partial charge in [-0.2, -0.15) is 5.26 Å². The number of nitriles is 1. The molecule has 0 radical (unpaired) electrons. The maximum atomic E-state index is 9.26. The minimum atomic E-state index is -0.302. The summed E-state index contributed by atoms with van der Waals surface area (Å²) in [5.41, 5.74) is 2.02. The Bertz CT molecular complexity index is 558. The van der Waals surface area contributed by atoms with E-state index in [1.807, 2.05) is 36.6 Å². The molecule has 2 aromatic rings. The molecule has 0 bridgehead atoms. The lowest BCUT2D eigenvalue weighted by Crippen LogP contribution is -2.19. The van der Waals surface area contributed by atoms with Crippen molar-refractivity contribution in [3.63, 3.8) is 0 Å². The summed E-state index contributed by atoms with van der Waals surface area (Å²) in [7, 11) is 0. The second kappa shape index (κ2) is 6.01. The highest BCUT2D eigenvalue weighted by molar-refractivity contribution is 7.09. The van der Waals surface area contributed by atoms with Crippen LogP contribution >= 0.6 is 22.9 Å². The summed E-state index contributed by atoms with van der Waals surface area (Å²) in [6.07, 6.45) is 0. The average Bonchev–Trinajstić information content (AvgIpc) is 2.85. The van der Waals surface area contributed by atoms with Crippen molar-refractivity contribution in [1.29, 1.82) is 5.26 Å². The summed E-state index contributed by atoms with van der Waals surface area (Å²) >= 11 is 7.61. The van der Waals surface area contributed by atoms with Crippen molar-refractivity contribution in [3.05, 3.63) is 56.7 Å². The van der Waals surface area contributed by atoms with E-state index in [1.54, 1.807) is 11.3 Å². The van der Waals surface area contributed by atoms with Crippen LogP contribution in [0.15, 0.2) is 35.7 Å². The Morgan fingerprint density at radius 3 is 2.89 bits per heavy atom. The Morgan fingerprint density at radius 1 is 1.44 bits per heavy atom. The molecule has 0 aliphatic heterocycles. The maximum Gasteiger partial charge on any atom is 0.121 e. The number of halogens is 1. The summed E-state index contributed by atoms with van der Waals surface area (Å²) < 4.78 is 0. The van der Waals surface area contributed by atoms with Gasteiger partial charge in [-0.05, 0) is 41.6 Å². The number of rotatable bonds is 4. The zero-order chi connectivity index (χ0) is 13.0. The lowest BCUT2D eigenvalue weighted by molar-refractivity contribution is 0.633. The smallest absolute Gasteiger partial charge is 0.121 e. The normalized spacial score (nSPS) is 12.1. The van der Waals surface area contributed by atoms with Crippen LogP contribution in [0.5, 0.6) is 0 Å². The van der Waals surface area contributed by atoms with E-state index >= 15 is 0 Å². The summed E-state index contributed by atoms with van der Waals surface area (Å²) in [4.78, 5) is 1.22. The maximum absolute atomic E-state index is 9.26. The van der Waals surface area contributed by atoms with Crippen molar-refractivity contribution in [2.24, 2.45) is 0 Å². The van der Waals surface area contributed by atoms with Crippen LogP contribution < -0.4 is 5.32 Å². The van der Waals surface area contributed by atoms with Crippen molar-refractivity contribution in [3.8, 4) is 6.07 Å². The monoisotopic (exact) mass is 276 g/mol. The highest BCUT2D eigenvalue weighted by atomic mass is 35.5. The molecule has 1 unspecified atom stereocenters. The van der Waals surface area contributed by atoms with E-state index in [0.717, 1.165) is 11.1 Å². The van der Waals surface area contributed by atoms with Gasteiger partial charge >= 0.3 is 0 Å². The van der Waals surface area contributed by atoms with Gasteiger partial charge in [-0.3, -0.25) is 5.32 Å². The van der Waals surface area contributed by atoms with Crippen molar-refractivity contribution in [1.82, 2.24) is 5.32 Å². The van der Waals surface area contributed by atoms with E-state index in [0.29, 0.717) is 11.6 Å². The lowest BCUT2D eigenvalue weighted by atomic mass is 10.0. The molecule has 1 atom stereocenters. The number of nitrogens with zero attached hydrogens (tertiary/aromatic N) is 1. The van der Waals surface area contributed by atoms with Crippen LogP contribution in [0.2, 0.25) is 5.02 Å². The fourth-order valence-electron chi connectivity index (χ4n) is 1.80. The Morgan fingerprint density at radius 2 is 2.28 bits per heavy atom. The predicted molar refractivity (Wildman–Crippen MR) is 75.7 cm³/mol. The fraction of sp³-hybridized carbons (Fsp3) is 0.214. The van der Waals surface area contributed by atoms with E-state index in [-0.39, 0.29) is 6.04 Å². The third-order valence-corrected chi connectivity index (χ3v) is 3.84. The first-order chi connectivity index (χ1) is 8.70. The van der Waals surface area contributed by atoms with Gasteiger partial charge < -0.3 is 0 Å². The van der Waals surface area contributed by atoms with Crippen LogP contribution in [0.3, 0.4) is 0 Å². The third kappa shape index (κ3) is 3.11. The molecule has 2 nitrogen and oxygen atoms in total. The molecule has 18 heavy (non-hydrogen) atoms. The summed E-state index contributed by atoms with van der Waals surface area (Å²) in [5.74, 6) is 0. The van der Waals surface area contributed by atoms with Gasteiger partial charge in [0.1, 0.15) is 6.04 Å². The van der Waals surface area contributed by atoms with Crippen LogP contribution in [0.4, 0.5) is 0 Å². The van der Waals surface area contributed by atoms with Crippen LogP contribution in [-0.4, -0.2) is 0 Å². The molecule has 0 saturated heterocycles. The van der Waals surface area contributed by atoms with Crippen LogP contribution in [-0.2, 0) is 6.54 Å². The molecule has 0 amide bonds. The van der Waals surface area contributed by atoms with E-state index in [1.165, 1.54) is 4.88 Å². The molecule has 0 spiro atoms. The molecule has 1 N–H and O–H groups in total. The van der Waals surface area contributed by atoms with Gasteiger partial charge in [0, 0.05) is 16.4 Å².